The lowest BCUT2D eigenvalue weighted by Gasteiger charge is -2.07. The van der Waals surface area contributed by atoms with Crippen molar-refractivity contribution < 1.29 is 4.79 Å². The zero-order valence-electron chi connectivity index (χ0n) is 11.6. The Hall–Kier alpha value is -2.40. The van der Waals surface area contributed by atoms with Gasteiger partial charge in [0.25, 0.3) is 5.91 Å². The molecule has 3 N–H and O–H groups in total. The Morgan fingerprint density at radius 2 is 1.95 bits per heavy atom. The van der Waals surface area contributed by atoms with Crippen LogP contribution in [-0.4, -0.2) is 16.9 Å². The highest BCUT2D eigenvalue weighted by atomic mass is 16.2. The Kier molecular flexibility index (Phi) is 3.83. The largest absolute Gasteiger partial charge is 0.367 e. The van der Waals surface area contributed by atoms with E-state index in [1.165, 1.54) is 36.9 Å². The SMILES string of the molecule is O=C(Nc1ccc(CNC2CC2)cc1)c1c[nH]ccc1=O. The first-order valence-electron chi connectivity index (χ1n) is 7.03. The summed E-state index contributed by atoms with van der Waals surface area (Å²) in [7, 11) is 0. The number of hydrogen-bond donors (Lipinski definition) is 3. The van der Waals surface area contributed by atoms with Crippen LogP contribution in [-0.2, 0) is 6.54 Å². The van der Waals surface area contributed by atoms with Crippen LogP contribution in [0.25, 0.3) is 0 Å². The van der Waals surface area contributed by atoms with Gasteiger partial charge in [-0.15, -0.1) is 0 Å². The van der Waals surface area contributed by atoms with Crippen LogP contribution in [0.3, 0.4) is 0 Å². The zero-order chi connectivity index (χ0) is 14.7. The minimum atomic E-state index is -0.402. The van der Waals surface area contributed by atoms with Gasteiger partial charge >= 0.3 is 0 Å². The van der Waals surface area contributed by atoms with Gasteiger partial charge in [-0.25, -0.2) is 0 Å². The summed E-state index contributed by atoms with van der Waals surface area (Å²) in [5, 5.41) is 6.16. The quantitative estimate of drug-likeness (QED) is 0.784. The van der Waals surface area contributed by atoms with E-state index in [4.69, 9.17) is 0 Å². The fraction of sp³-hybridized carbons (Fsp3) is 0.250. The van der Waals surface area contributed by atoms with Crippen molar-refractivity contribution in [1.29, 1.82) is 0 Å². The minimum absolute atomic E-state index is 0.108. The standard InChI is InChI=1S/C16H17N3O2/c20-15-7-8-17-10-14(15)16(21)19-13-3-1-11(2-4-13)9-18-12-5-6-12/h1-4,7-8,10,12,18H,5-6,9H2,(H,17,20)(H,19,21). The van der Waals surface area contributed by atoms with Crippen LogP contribution < -0.4 is 16.1 Å². The molecule has 3 rings (SSSR count). The van der Waals surface area contributed by atoms with Crippen molar-refractivity contribution in [3.63, 3.8) is 0 Å². The van der Waals surface area contributed by atoms with Crippen LogP contribution in [0.1, 0.15) is 28.8 Å². The van der Waals surface area contributed by atoms with E-state index in [1.807, 2.05) is 24.3 Å². The van der Waals surface area contributed by atoms with Crippen LogP contribution in [0.4, 0.5) is 5.69 Å². The molecule has 1 aromatic carbocycles. The van der Waals surface area contributed by atoms with Gasteiger partial charge in [0.15, 0.2) is 5.43 Å². The summed E-state index contributed by atoms with van der Waals surface area (Å²) in [6.07, 6.45) is 5.44. The molecule has 21 heavy (non-hydrogen) atoms. The fourth-order valence-corrected chi connectivity index (χ4v) is 2.05. The van der Waals surface area contributed by atoms with Crippen LogP contribution in [0.15, 0.2) is 47.5 Å². The second-order valence-corrected chi connectivity index (χ2v) is 5.23. The Bertz CT molecular complexity index is 687. The molecule has 2 aromatic rings. The summed E-state index contributed by atoms with van der Waals surface area (Å²) in [6.45, 7) is 0.844. The van der Waals surface area contributed by atoms with Gasteiger partial charge in [0.05, 0.1) is 0 Å². The topological polar surface area (TPSA) is 74.0 Å². The molecule has 5 nitrogen and oxygen atoms in total. The van der Waals surface area contributed by atoms with Crippen LogP contribution in [0.2, 0.25) is 0 Å². The number of pyridine rings is 1. The van der Waals surface area contributed by atoms with Gasteiger partial charge in [-0.2, -0.15) is 0 Å². The van der Waals surface area contributed by atoms with E-state index in [1.54, 1.807) is 0 Å². The summed E-state index contributed by atoms with van der Waals surface area (Å²) in [4.78, 5) is 26.3. The number of amides is 1. The average molecular weight is 283 g/mol. The lowest BCUT2D eigenvalue weighted by atomic mass is 10.2. The molecule has 108 valence electrons. The molecule has 1 amide bonds. The highest BCUT2D eigenvalue weighted by Crippen LogP contribution is 2.19. The van der Waals surface area contributed by atoms with Gasteiger partial charge in [-0.05, 0) is 30.5 Å². The second-order valence-electron chi connectivity index (χ2n) is 5.23. The van der Waals surface area contributed by atoms with Gasteiger partial charge in [0, 0.05) is 36.7 Å². The number of nitrogens with one attached hydrogen (secondary N) is 3. The molecule has 5 heteroatoms. The molecule has 0 bridgehead atoms. The molecule has 1 heterocycles. The number of hydrogen-bond acceptors (Lipinski definition) is 3. The van der Waals surface area contributed by atoms with Crippen molar-refractivity contribution in [2.45, 2.75) is 25.4 Å². The van der Waals surface area contributed by atoms with Crippen LogP contribution in [0.5, 0.6) is 0 Å². The normalized spacial score (nSPS) is 13.9. The summed E-state index contributed by atoms with van der Waals surface area (Å²) in [6, 6.07) is 9.65. The number of benzene rings is 1. The van der Waals surface area contributed by atoms with E-state index >= 15 is 0 Å². The molecule has 0 aliphatic heterocycles. The molecule has 1 aliphatic carbocycles. The third-order valence-electron chi connectivity index (χ3n) is 3.45. The van der Waals surface area contributed by atoms with Crippen LogP contribution in [0, 0.1) is 0 Å². The van der Waals surface area contributed by atoms with Crippen molar-refractivity contribution >= 4 is 11.6 Å². The van der Waals surface area contributed by atoms with Crippen molar-refractivity contribution in [3.8, 4) is 0 Å². The highest BCUT2D eigenvalue weighted by Gasteiger charge is 2.19. The first-order chi connectivity index (χ1) is 10.2. The first-order valence-corrected chi connectivity index (χ1v) is 7.03. The zero-order valence-corrected chi connectivity index (χ0v) is 11.6. The molecule has 1 aliphatic rings. The predicted molar refractivity (Wildman–Crippen MR) is 81.3 cm³/mol. The van der Waals surface area contributed by atoms with E-state index < -0.39 is 5.91 Å². The molecule has 1 aromatic heterocycles. The molecule has 1 saturated carbocycles. The summed E-state index contributed by atoms with van der Waals surface area (Å²) < 4.78 is 0. The number of H-pyrrole nitrogens is 1. The highest BCUT2D eigenvalue weighted by molar-refractivity contribution is 6.03. The third kappa shape index (κ3) is 3.58. The molecule has 0 spiro atoms. The van der Waals surface area contributed by atoms with Gasteiger partial charge in [0.2, 0.25) is 0 Å². The van der Waals surface area contributed by atoms with E-state index in [0.29, 0.717) is 11.7 Å². The van der Waals surface area contributed by atoms with Crippen molar-refractivity contribution in [2.75, 3.05) is 5.32 Å². The Labute approximate surface area is 122 Å². The molecule has 0 saturated heterocycles. The van der Waals surface area contributed by atoms with E-state index in [2.05, 4.69) is 15.6 Å². The second kappa shape index (κ2) is 5.93. The van der Waals surface area contributed by atoms with Gasteiger partial charge in [-0.1, -0.05) is 12.1 Å². The predicted octanol–water partition coefficient (Wildman–Crippen LogP) is 1.88. The van der Waals surface area contributed by atoms with E-state index in [0.717, 1.165) is 6.54 Å². The summed E-state index contributed by atoms with van der Waals surface area (Å²) in [5.41, 5.74) is 1.67. The number of rotatable bonds is 5. The van der Waals surface area contributed by atoms with Crippen molar-refractivity contribution in [2.24, 2.45) is 0 Å². The Morgan fingerprint density at radius 1 is 1.19 bits per heavy atom. The van der Waals surface area contributed by atoms with E-state index in [-0.39, 0.29) is 11.0 Å². The summed E-state index contributed by atoms with van der Waals surface area (Å²) in [5.74, 6) is -0.402. The molecular weight excluding hydrogens is 266 g/mol. The van der Waals surface area contributed by atoms with Crippen LogP contribution >= 0.6 is 0 Å². The maximum Gasteiger partial charge on any atom is 0.261 e. The smallest absolute Gasteiger partial charge is 0.261 e. The lowest BCUT2D eigenvalue weighted by Crippen LogP contribution is -2.20. The third-order valence-corrected chi connectivity index (χ3v) is 3.45. The molecule has 0 radical (unpaired) electrons. The molecular formula is C16H17N3O2. The minimum Gasteiger partial charge on any atom is -0.367 e. The van der Waals surface area contributed by atoms with Crippen molar-refractivity contribution in [1.82, 2.24) is 10.3 Å². The van der Waals surface area contributed by atoms with E-state index in [9.17, 15) is 9.59 Å². The van der Waals surface area contributed by atoms with Gasteiger partial charge < -0.3 is 15.6 Å². The van der Waals surface area contributed by atoms with Gasteiger partial charge in [-0.3, -0.25) is 9.59 Å². The fourth-order valence-electron chi connectivity index (χ4n) is 2.05. The lowest BCUT2D eigenvalue weighted by molar-refractivity contribution is 0.102. The summed E-state index contributed by atoms with van der Waals surface area (Å²) >= 11 is 0. The number of aromatic nitrogens is 1. The molecule has 0 atom stereocenters. The number of anilines is 1. The molecule has 0 unspecified atom stereocenters. The Balaban J connectivity index is 1.63. The number of aromatic amines is 1. The number of carbonyl (C=O) groups is 1. The molecule has 1 fully saturated rings. The monoisotopic (exact) mass is 283 g/mol. The van der Waals surface area contributed by atoms with Crippen molar-refractivity contribution in [3.05, 3.63) is 64.1 Å². The maximum absolute atomic E-state index is 12.0. The Morgan fingerprint density at radius 3 is 2.62 bits per heavy atom. The maximum atomic E-state index is 12.0. The first kappa shape index (κ1) is 13.6. The average Bonchev–Trinajstić information content (AvgIpc) is 3.31. The van der Waals surface area contributed by atoms with Gasteiger partial charge in [0.1, 0.15) is 5.56 Å². The number of carbonyl (C=O) groups excluding carboxylic acids is 1.